The molecule has 2 aromatic rings. The monoisotopic (exact) mass is 463 g/mol. The van der Waals surface area contributed by atoms with Crippen LogP contribution in [-0.4, -0.2) is 46.4 Å². The molecule has 0 aromatic heterocycles. The predicted octanol–water partition coefficient (Wildman–Crippen LogP) is 3.48. The maximum atomic E-state index is 12.9. The van der Waals surface area contributed by atoms with Crippen LogP contribution in [-0.2, 0) is 20.7 Å². The third-order valence-corrected chi connectivity index (χ3v) is 5.25. The van der Waals surface area contributed by atoms with Crippen molar-refractivity contribution < 1.29 is 33.3 Å². The van der Waals surface area contributed by atoms with Crippen molar-refractivity contribution in [1.29, 1.82) is 0 Å². The second-order valence-electron chi connectivity index (χ2n) is 7.15. The summed E-state index contributed by atoms with van der Waals surface area (Å²) in [6.45, 7) is 1.03. The van der Waals surface area contributed by atoms with Gasteiger partial charge in [0.25, 0.3) is 0 Å². The molecule has 8 nitrogen and oxygen atoms in total. The maximum absolute atomic E-state index is 12.9. The number of hydrogen-bond donors (Lipinski definition) is 1. The Morgan fingerprint density at radius 2 is 1.81 bits per heavy atom. The number of ether oxygens (including phenoxy) is 5. The third-order valence-electron chi connectivity index (χ3n) is 4.97. The van der Waals surface area contributed by atoms with Crippen molar-refractivity contribution in [2.45, 2.75) is 25.3 Å². The molecule has 0 saturated heterocycles. The van der Waals surface area contributed by atoms with Crippen molar-refractivity contribution in [2.75, 3.05) is 34.5 Å². The molecule has 1 unspecified atom stereocenters. The predicted molar refractivity (Wildman–Crippen MR) is 118 cm³/mol. The molecule has 0 aliphatic carbocycles. The number of nitrogens with one attached hydrogen (secondary N) is 1. The molecule has 1 amide bonds. The van der Waals surface area contributed by atoms with Gasteiger partial charge in [-0.15, -0.1) is 0 Å². The average molecular weight is 464 g/mol. The van der Waals surface area contributed by atoms with E-state index in [4.69, 9.17) is 35.3 Å². The fraction of sp³-hybridized carbons (Fsp3) is 0.391. The number of carbonyl (C=O) groups excluding carboxylic acids is 2. The number of rotatable bonds is 8. The van der Waals surface area contributed by atoms with Crippen LogP contribution >= 0.6 is 11.6 Å². The van der Waals surface area contributed by atoms with Crippen LogP contribution in [0.2, 0.25) is 5.02 Å². The van der Waals surface area contributed by atoms with Gasteiger partial charge in [-0.05, 0) is 35.4 Å². The van der Waals surface area contributed by atoms with E-state index in [-0.39, 0.29) is 18.7 Å². The van der Waals surface area contributed by atoms with E-state index in [2.05, 4.69) is 5.32 Å². The SMILES string of the molecule is COC(=O)CC(NC(=O)Cc1cc(Cl)c2c(c1)OCCCO2)c1ccc(OC)c(OC)c1. The van der Waals surface area contributed by atoms with E-state index in [1.54, 1.807) is 30.3 Å². The number of carbonyl (C=O) groups is 2. The molecule has 0 spiro atoms. The number of amides is 1. The molecule has 9 heteroatoms. The molecule has 1 aliphatic rings. The standard InChI is InChI=1S/C23H26ClNO7/c1-28-18-6-5-15(12-19(18)29-2)17(13-22(27)30-3)25-21(26)11-14-9-16(24)23-20(10-14)31-7-4-8-32-23/h5-6,9-10,12,17H,4,7-8,11,13H2,1-3H3,(H,25,26). The summed E-state index contributed by atoms with van der Waals surface area (Å²) >= 11 is 6.33. The van der Waals surface area contributed by atoms with Crippen LogP contribution in [0.15, 0.2) is 30.3 Å². The highest BCUT2D eigenvalue weighted by atomic mass is 35.5. The lowest BCUT2D eigenvalue weighted by molar-refractivity contribution is -0.141. The Hall–Kier alpha value is -3.13. The van der Waals surface area contributed by atoms with Crippen molar-refractivity contribution in [3.05, 3.63) is 46.5 Å². The fourth-order valence-electron chi connectivity index (χ4n) is 3.39. The van der Waals surface area contributed by atoms with Crippen molar-refractivity contribution in [1.82, 2.24) is 5.32 Å². The van der Waals surface area contributed by atoms with Crippen LogP contribution < -0.4 is 24.3 Å². The summed E-state index contributed by atoms with van der Waals surface area (Å²) in [5.41, 5.74) is 1.35. The summed E-state index contributed by atoms with van der Waals surface area (Å²) in [5.74, 6) is 1.29. The van der Waals surface area contributed by atoms with Crippen LogP contribution in [0.1, 0.15) is 30.0 Å². The van der Waals surface area contributed by atoms with E-state index in [1.807, 2.05) is 0 Å². The first-order valence-electron chi connectivity index (χ1n) is 10.1. The Kier molecular flexibility index (Phi) is 8.05. The second-order valence-corrected chi connectivity index (χ2v) is 7.55. The highest BCUT2D eigenvalue weighted by molar-refractivity contribution is 6.32. The summed E-state index contributed by atoms with van der Waals surface area (Å²) in [7, 11) is 4.35. The van der Waals surface area contributed by atoms with Gasteiger partial charge in [0.2, 0.25) is 5.91 Å². The zero-order valence-electron chi connectivity index (χ0n) is 18.2. The van der Waals surface area contributed by atoms with Crippen LogP contribution in [0.3, 0.4) is 0 Å². The summed E-state index contributed by atoms with van der Waals surface area (Å²) < 4.78 is 26.7. The molecular formula is C23H26ClNO7. The fourth-order valence-corrected chi connectivity index (χ4v) is 3.68. The first-order valence-corrected chi connectivity index (χ1v) is 10.5. The molecule has 0 radical (unpaired) electrons. The largest absolute Gasteiger partial charge is 0.493 e. The summed E-state index contributed by atoms with van der Waals surface area (Å²) in [5, 5.41) is 3.28. The number of benzene rings is 2. The molecule has 1 aliphatic heterocycles. The first-order chi connectivity index (χ1) is 15.4. The van der Waals surface area contributed by atoms with E-state index < -0.39 is 12.0 Å². The molecule has 0 bridgehead atoms. The lowest BCUT2D eigenvalue weighted by Crippen LogP contribution is -2.31. The first kappa shape index (κ1) is 23.5. The topological polar surface area (TPSA) is 92.3 Å². The Balaban J connectivity index is 1.79. The lowest BCUT2D eigenvalue weighted by atomic mass is 10.0. The van der Waals surface area contributed by atoms with Crippen LogP contribution in [0.25, 0.3) is 0 Å². The highest BCUT2D eigenvalue weighted by Crippen LogP contribution is 2.38. The maximum Gasteiger partial charge on any atom is 0.307 e. The van der Waals surface area contributed by atoms with Crippen molar-refractivity contribution in [2.24, 2.45) is 0 Å². The van der Waals surface area contributed by atoms with Gasteiger partial charge in [0, 0.05) is 6.42 Å². The molecule has 172 valence electrons. The number of fused-ring (bicyclic) bond motifs is 1. The highest BCUT2D eigenvalue weighted by Gasteiger charge is 2.22. The van der Waals surface area contributed by atoms with Crippen molar-refractivity contribution in [3.8, 4) is 23.0 Å². The van der Waals surface area contributed by atoms with Gasteiger partial charge >= 0.3 is 5.97 Å². The Morgan fingerprint density at radius 1 is 1.06 bits per heavy atom. The molecule has 1 N–H and O–H groups in total. The molecule has 1 atom stereocenters. The zero-order valence-corrected chi connectivity index (χ0v) is 19.0. The summed E-state index contributed by atoms with van der Waals surface area (Å²) in [6, 6.07) is 8.01. The molecule has 1 heterocycles. The summed E-state index contributed by atoms with van der Waals surface area (Å²) in [6.07, 6.45) is 0.752. The van der Waals surface area contributed by atoms with Gasteiger partial charge in [0.1, 0.15) is 0 Å². The van der Waals surface area contributed by atoms with Gasteiger partial charge in [-0.1, -0.05) is 17.7 Å². The van der Waals surface area contributed by atoms with Gasteiger partial charge in [0.05, 0.1) is 58.4 Å². The van der Waals surface area contributed by atoms with Gasteiger partial charge in [-0.3, -0.25) is 9.59 Å². The van der Waals surface area contributed by atoms with Crippen molar-refractivity contribution in [3.63, 3.8) is 0 Å². The summed E-state index contributed by atoms with van der Waals surface area (Å²) in [4.78, 5) is 24.8. The Bertz CT molecular complexity index is 979. The van der Waals surface area contributed by atoms with Gasteiger partial charge in [-0.25, -0.2) is 0 Å². The number of hydrogen-bond acceptors (Lipinski definition) is 7. The minimum Gasteiger partial charge on any atom is -0.493 e. The molecule has 3 rings (SSSR count). The average Bonchev–Trinajstić information content (AvgIpc) is 3.03. The molecule has 32 heavy (non-hydrogen) atoms. The zero-order chi connectivity index (χ0) is 23.1. The van der Waals surface area contributed by atoms with Crippen LogP contribution in [0.5, 0.6) is 23.0 Å². The van der Waals surface area contributed by atoms with Gasteiger partial charge < -0.3 is 29.0 Å². The van der Waals surface area contributed by atoms with Gasteiger partial charge in [-0.2, -0.15) is 0 Å². The van der Waals surface area contributed by atoms with Crippen molar-refractivity contribution >= 4 is 23.5 Å². The van der Waals surface area contributed by atoms with E-state index in [0.717, 1.165) is 6.42 Å². The van der Waals surface area contributed by atoms with Crippen LogP contribution in [0.4, 0.5) is 0 Å². The normalized spacial score (nSPS) is 13.5. The molecule has 0 fully saturated rings. The Labute approximate surface area is 191 Å². The second kappa shape index (κ2) is 10.9. The molecule has 0 saturated carbocycles. The smallest absolute Gasteiger partial charge is 0.307 e. The number of halogens is 1. The molecular weight excluding hydrogens is 438 g/mol. The molecule has 2 aromatic carbocycles. The minimum atomic E-state index is -0.620. The Morgan fingerprint density at radius 3 is 2.53 bits per heavy atom. The van der Waals surface area contributed by atoms with E-state index in [1.165, 1.54) is 21.3 Å². The number of methoxy groups -OCH3 is 3. The van der Waals surface area contributed by atoms with E-state index >= 15 is 0 Å². The minimum absolute atomic E-state index is 0.0420. The van der Waals surface area contributed by atoms with Crippen LogP contribution in [0, 0.1) is 0 Å². The van der Waals surface area contributed by atoms with E-state index in [0.29, 0.717) is 52.4 Å². The quantitative estimate of drug-likeness (QED) is 0.599. The number of esters is 1. The van der Waals surface area contributed by atoms with E-state index in [9.17, 15) is 9.59 Å². The van der Waals surface area contributed by atoms with Gasteiger partial charge in [0.15, 0.2) is 23.0 Å². The third kappa shape index (κ3) is 5.76. The lowest BCUT2D eigenvalue weighted by Gasteiger charge is -2.20.